The zero-order valence-corrected chi connectivity index (χ0v) is 13.8. The number of aromatic nitrogens is 2. The molecule has 1 saturated heterocycles. The van der Waals surface area contributed by atoms with Crippen molar-refractivity contribution in [2.24, 2.45) is 0 Å². The molecule has 0 spiro atoms. The highest BCUT2D eigenvalue weighted by Gasteiger charge is 2.20. The second-order valence-electron chi connectivity index (χ2n) is 5.43. The number of piperazine rings is 1. The number of nitrogens with one attached hydrogen (secondary N) is 1. The predicted octanol–water partition coefficient (Wildman–Crippen LogP) is 1.96. The van der Waals surface area contributed by atoms with Gasteiger partial charge in [0.1, 0.15) is 10.6 Å². The predicted molar refractivity (Wildman–Crippen MR) is 90.8 cm³/mol. The average Bonchev–Trinajstić information content (AvgIpc) is 2.96. The number of nitrogens with zero attached hydrogens (tertiary/aromatic N) is 4. The molecule has 3 heterocycles. The quantitative estimate of drug-likeness (QED) is 0.854. The molecule has 1 aliphatic heterocycles. The van der Waals surface area contributed by atoms with Gasteiger partial charge in [0.25, 0.3) is 0 Å². The molecule has 0 radical (unpaired) electrons. The molecule has 2 aromatic rings. The smallest absolute Gasteiger partial charge is 0.228 e. The van der Waals surface area contributed by atoms with Crippen molar-refractivity contribution in [2.75, 3.05) is 43.4 Å². The van der Waals surface area contributed by atoms with Gasteiger partial charge in [0, 0.05) is 38.1 Å². The third kappa shape index (κ3) is 2.85. The second kappa shape index (κ2) is 6.48. The maximum atomic E-state index is 10.8. The lowest BCUT2D eigenvalue weighted by Crippen LogP contribution is -2.46. The van der Waals surface area contributed by atoms with Crippen LogP contribution in [0.25, 0.3) is 10.2 Å². The Balaban J connectivity index is 1.91. The minimum atomic E-state index is 0.727. The topological polar surface area (TPSA) is 61.4 Å². The number of thiophene rings is 1. The summed E-state index contributed by atoms with van der Waals surface area (Å²) in [5.74, 6) is 1.64. The van der Waals surface area contributed by atoms with Crippen molar-refractivity contribution in [3.05, 3.63) is 10.9 Å². The first-order chi connectivity index (χ1) is 10.7. The maximum Gasteiger partial charge on any atom is 0.228 e. The van der Waals surface area contributed by atoms with Crippen molar-refractivity contribution < 1.29 is 4.79 Å². The SMILES string of the molecule is CCCc1cc2c(NC)nc(N3CCN(C=O)CC3)nc2s1. The van der Waals surface area contributed by atoms with Gasteiger partial charge in [-0.05, 0) is 12.5 Å². The third-order valence-corrected chi connectivity index (χ3v) is 5.00. The summed E-state index contributed by atoms with van der Waals surface area (Å²) in [6, 6.07) is 2.20. The Labute approximate surface area is 134 Å². The van der Waals surface area contributed by atoms with Gasteiger partial charge in [0.05, 0.1) is 5.39 Å². The summed E-state index contributed by atoms with van der Waals surface area (Å²) in [4.78, 5) is 26.6. The lowest BCUT2D eigenvalue weighted by molar-refractivity contribution is -0.118. The molecule has 22 heavy (non-hydrogen) atoms. The fraction of sp³-hybridized carbons (Fsp3) is 0.533. The number of carbonyl (C=O) groups is 1. The number of fused-ring (bicyclic) bond motifs is 1. The van der Waals surface area contributed by atoms with Gasteiger partial charge in [-0.25, -0.2) is 4.98 Å². The summed E-state index contributed by atoms with van der Waals surface area (Å²) in [5.41, 5.74) is 0. The molecule has 7 heteroatoms. The van der Waals surface area contributed by atoms with Crippen molar-refractivity contribution in [3.63, 3.8) is 0 Å². The van der Waals surface area contributed by atoms with E-state index in [1.807, 2.05) is 7.05 Å². The van der Waals surface area contributed by atoms with Crippen molar-refractivity contribution in [2.45, 2.75) is 19.8 Å². The fourth-order valence-corrected chi connectivity index (χ4v) is 3.81. The number of anilines is 2. The van der Waals surface area contributed by atoms with Gasteiger partial charge in [0.2, 0.25) is 12.4 Å². The maximum absolute atomic E-state index is 10.8. The summed E-state index contributed by atoms with van der Waals surface area (Å²) >= 11 is 1.75. The van der Waals surface area contributed by atoms with Crippen molar-refractivity contribution >= 4 is 39.7 Å². The monoisotopic (exact) mass is 319 g/mol. The third-order valence-electron chi connectivity index (χ3n) is 3.91. The molecule has 0 atom stereocenters. The first kappa shape index (κ1) is 15.0. The second-order valence-corrected chi connectivity index (χ2v) is 6.55. The number of hydrogen-bond donors (Lipinski definition) is 1. The van der Waals surface area contributed by atoms with E-state index in [9.17, 15) is 4.79 Å². The Morgan fingerprint density at radius 3 is 2.73 bits per heavy atom. The number of rotatable bonds is 5. The van der Waals surface area contributed by atoms with Gasteiger partial charge in [-0.15, -0.1) is 11.3 Å². The molecule has 1 fully saturated rings. The van der Waals surface area contributed by atoms with Gasteiger partial charge in [0.15, 0.2) is 0 Å². The molecular formula is C15H21N5OS. The zero-order chi connectivity index (χ0) is 15.5. The average molecular weight is 319 g/mol. The highest BCUT2D eigenvalue weighted by molar-refractivity contribution is 7.18. The van der Waals surface area contributed by atoms with E-state index in [1.54, 1.807) is 16.2 Å². The zero-order valence-electron chi connectivity index (χ0n) is 13.0. The molecule has 0 unspecified atom stereocenters. The summed E-state index contributed by atoms with van der Waals surface area (Å²) in [5, 5.41) is 4.29. The van der Waals surface area contributed by atoms with Gasteiger partial charge < -0.3 is 15.1 Å². The van der Waals surface area contributed by atoms with E-state index in [0.29, 0.717) is 0 Å². The summed E-state index contributed by atoms with van der Waals surface area (Å²) in [6.45, 7) is 5.20. The molecule has 0 aromatic carbocycles. The first-order valence-electron chi connectivity index (χ1n) is 7.67. The number of aryl methyl sites for hydroxylation is 1. The van der Waals surface area contributed by atoms with Crippen LogP contribution < -0.4 is 10.2 Å². The summed E-state index contributed by atoms with van der Waals surface area (Å²) < 4.78 is 0. The molecule has 6 nitrogen and oxygen atoms in total. The molecular weight excluding hydrogens is 298 g/mol. The highest BCUT2D eigenvalue weighted by Crippen LogP contribution is 2.31. The minimum absolute atomic E-state index is 0.727. The Kier molecular flexibility index (Phi) is 4.42. The molecule has 1 N–H and O–H groups in total. The van der Waals surface area contributed by atoms with Crippen LogP contribution in [0.4, 0.5) is 11.8 Å². The van der Waals surface area contributed by atoms with E-state index in [2.05, 4.69) is 28.2 Å². The lowest BCUT2D eigenvalue weighted by Gasteiger charge is -2.32. The van der Waals surface area contributed by atoms with Crippen molar-refractivity contribution in [1.29, 1.82) is 0 Å². The molecule has 0 aliphatic carbocycles. The Morgan fingerprint density at radius 2 is 2.09 bits per heavy atom. The van der Waals surface area contributed by atoms with Gasteiger partial charge in [-0.2, -0.15) is 4.98 Å². The van der Waals surface area contributed by atoms with Crippen LogP contribution in [0.1, 0.15) is 18.2 Å². The molecule has 2 aromatic heterocycles. The molecule has 3 rings (SSSR count). The van der Waals surface area contributed by atoms with Crippen LogP contribution in [0, 0.1) is 0 Å². The van der Waals surface area contributed by atoms with Gasteiger partial charge >= 0.3 is 0 Å². The van der Waals surface area contributed by atoms with E-state index in [1.165, 1.54) is 4.88 Å². The summed E-state index contributed by atoms with van der Waals surface area (Å²) in [6.07, 6.45) is 3.13. The standard InChI is InChI=1S/C15H21N5OS/c1-3-4-11-9-12-13(16-2)17-15(18-14(12)22-11)20-7-5-19(10-21)6-8-20/h9-10H,3-8H2,1-2H3,(H,16,17,18). The van der Waals surface area contributed by atoms with Crippen LogP contribution in [0.5, 0.6) is 0 Å². The normalized spacial score (nSPS) is 15.4. The van der Waals surface area contributed by atoms with Crippen LogP contribution in [-0.2, 0) is 11.2 Å². The van der Waals surface area contributed by atoms with Crippen LogP contribution >= 0.6 is 11.3 Å². The number of carbonyl (C=O) groups excluding carboxylic acids is 1. The molecule has 0 bridgehead atoms. The first-order valence-corrected chi connectivity index (χ1v) is 8.49. The largest absolute Gasteiger partial charge is 0.372 e. The summed E-state index contributed by atoms with van der Waals surface area (Å²) in [7, 11) is 1.90. The van der Waals surface area contributed by atoms with E-state index < -0.39 is 0 Å². The Bertz CT molecular complexity index is 663. The lowest BCUT2D eigenvalue weighted by atomic mass is 10.2. The van der Waals surface area contributed by atoms with E-state index in [4.69, 9.17) is 4.98 Å². The Morgan fingerprint density at radius 1 is 1.32 bits per heavy atom. The molecule has 118 valence electrons. The van der Waals surface area contributed by atoms with Gasteiger partial charge in [-0.1, -0.05) is 13.3 Å². The van der Waals surface area contributed by atoms with Crippen LogP contribution in [0.2, 0.25) is 0 Å². The molecule has 1 amide bonds. The van der Waals surface area contributed by atoms with Crippen molar-refractivity contribution in [1.82, 2.24) is 14.9 Å². The van der Waals surface area contributed by atoms with Crippen molar-refractivity contribution in [3.8, 4) is 0 Å². The Hall–Kier alpha value is -1.89. The van der Waals surface area contributed by atoms with E-state index in [-0.39, 0.29) is 0 Å². The van der Waals surface area contributed by atoms with Crippen LogP contribution in [-0.4, -0.2) is 54.5 Å². The van der Waals surface area contributed by atoms with Crippen LogP contribution in [0.15, 0.2) is 6.07 Å². The van der Waals surface area contributed by atoms with E-state index >= 15 is 0 Å². The van der Waals surface area contributed by atoms with Crippen LogP contribution in [0.3, 0.4) is 0 Å². The highest BCUT2D eigenvalue weighted by atomic mass is 32.1. The molecule has 0 saturated carbocycles. The fourth-order valence-electron chi connectivity index (χ4n) is 2.69. The van der Waals surface area contributed by atoms with E-state index in [0.717, 1.165) is 67.4 Å². The minimum Gasteiger partial charge on any atom is -0.372 e. The number of amides is 1. The van der Waals surface area contributed by atoms with Gasteiger partial charge in [-0.3, -0.25) is 4.79 Å². The number of hydrogen-bond acceptors (Lipinski definition) is 6. The molecule has 1 aliphatic rings.